The van der Waals surface area contributed by atoms with Gasteiger partial charge in [-0.15, -0.1) is 0 Å². The summed E-state index contributed by atoms with van der Waals surface area (Å²) in [5.41, 5.74) is 7.37. The summed E-state index contributed by atoms with van der Waals surface area (Å²) in [6, 6.07) is 0.0217. The normalized spacial score (nSPS) is 26.8. The van der Waals surface area contributed by atoms with E-state index < -0.39 is 0 Å². The molecule has 1 aromatic rings. The van der Waals surface area contributed by atoms with Crippen molar-refractivity contribution >= 4 is 0 Å². The molecule has 1 atom stereocenters. The Kier molecular flexibility index (Phi) is 4.11. The lowest BCUT2D eigenvalue weighted by Crippen LogP contribution is -2.27. The Morgan fingerprint density at radius 3 is 2.35 bits per heavy atom. The molecule has 1 fully saturated rings. The van der Waals surface area contributed by atoms with E-state index in [2.05, 4.69) is 16.9 Å². The van der Waals surface area contributed by atoms with Crippen molar-refractivity contribution in [1.29, 1.82) is 0 Å². The van der Waals surface area contributed by atoms with Crippen LogP contribution >= 0.6 is 0 Å². The fraction of sp³-hybridized carbons (Fsp3) is 0.714. The molecule has 0 bridgehead atoms. The summed E-state index contributed by atoms with van der Waals surface area (Å²) in [6.07, 6.45) is 10.1. The van der Waals surface area contributed by atoms with Gasteiger partial charge in [-0.1, -0.05) is 26.2 Å². The van der Waals surface area contributed by atoms with Crippen molar-refractivity contribution in [3.05, 3.63) is 23.8 Å². The molecule has 2 N–H and O–H groups in total. The third kappa shape index (κ3) is 3.03. The fourth-order valence-corrected chi connectivity index (χ4v) is 2.74. The van der Waals surface area contributed by atoms with Crippen molar-refractivity contribution in [2.24, 2.45) is 17.6 Å². The van der Waals surface area contributed by atoms with Crippen molar-refractivity contribution in [3.8, 4) is 0 Å². The minimum Gasteiger partial charge on any atom is -0.321 e. The third-order valence-electron chi connectivity index (χ3n) is 4.08. The molecule has 3 nitrogen and oxygen atoms in total. The van der Waals surface area contributed by atoms with Gasteiger partial charge in [-0.2, -0.15) is 0 Å². The highest BCUT2D eigenvalue weighted by Gasteiger charge is 2.26. The lowest BCUT2D eigenvalue weighted by molar-refractivity contribution is 0.235. The highest BCUT2D eigenvalue weighted by Crippen LogP contribution is 2.35. The zero-order valence-corrected chi connectivity index (χ0v) is 10.9. The molecule has 0 radical (unpaired) electrons. The van der Waals surface area contributed by atoms with E-state index in [1.807, 2.05) is 19.3 Å². The number of hydrogen-bond donors (Lipinski definition) is 1. The average Bonchev–Trinajstić information content (AvgIpc) is 2.39. The first kappa shape index (κ1) is 12.5. The van der Waals surface area contributed by atoms with E-state index in [4.69, 9.17) is 5.73 Å². The number of aryl methyl sites for hydroxylation is 1. The van der Waals surface area contributed by atoms with E-state index in [-0.39, 0.29) is 6.04 Å². The van der Waals surface area contributed by atoms with E-state index in [0.717, 1.165) is 17.3 Å². The van der Waals surface area contributed by atoms with Gasteiger partial charge in [0.2, 0.25) is 0 Å². The number of aromatic nitrogens is 2. The average molecular weight is 233 g/mol. The molecule has 3 heteroatoms. The van der Waals surface area contributed by atoms with Crippen LogP contribution in [-0.2, 0) is 0 Å². The van der Waals surface area contributed by atoms with Crippen LogP contribution in [0.4, 0.5) is 0 Å². The van der Waals surface area contributed by atoms with Crippen LogP contribution in [0.1, 0.15) is 56.5 Å². The molecular weight excluding hydrogens is 210 g/mol. The summed E-state index contributed by atoms with van der Waals surface area (Å²) in [4.78, 5) is 8.71. The van der Waals surface area contributed by atoms with E-state index in [1.54, 1.807) is 0 Å². The van der Waals surface area contributed by atoms with Crippen LogP contribution in [0, 0.1) is 18.8 Å². The zero-order valence-electron chi connectivity index (χ0n) is 10.9. The minimum atomic E-state index is 0.0217. The van der Waals surface area contributed by atoms with Crippen molar-refractivity contribution in [3.63, 3.8) is 0 Å². The van der Waals surface area contributed by atoms with Gasteiger partial charge in [-0.05, 0) is 37.2 Å². The molecule has 0 aromatic carbocycles. The largest absolute Gasteiger partial charge is 0.321 e. The lowest BCUT2D eigenvalue weighted by atomic mass is 9.77. The lowest BCUT2D eigenvalue weighted by Gasteiger charge is -2.30. The molecule has 1 unspecified atom stereocenters. The zero-order chi connectivity index (χ0) is 12.3. The van der Waals surface area contributed by atoms with Gasteiger partial charge in [0.25, 0.3) is 0 Å². The van der Waals surface area contributed by atoms with Crippen LogP contribution in [0.5, 0.6) is 0 Å². The Labute approximate surface area is 104 Å². The number of nitrogens with zero attached hydrogens (tertiary/aromatic N) is 2. The smallest absolute Gasteiger partial charge is 0.145 e. The van der Waals surface area contributed by atoms with Crippen molar-refractivity contribution in [1.82, 2.24) is 9.97 Å². The first-order valence-corrected chi connectivity index (χ1v) is 6.74. The van der Waals surface area contributed by atoms with Crippen LogP contribution in [0.15, 0.2) is 12.4 Å². The Hall–Kier alpha value is -0.960. The maximum atomic E-state index is 6.28. The Morgan fingerprint density at radius 2 is 1.82 bits per heavy atom. The van der Waals surface area contributed by atoms with Gasteiger partial charge in [0, 0.05) is 12.4 Å². The molecule has 1 aliphatic rings. The molecule has 1 heterocycles. The van der Waals surface area contributed by atoms with Crippen LogP contribution in [0.3, 0.4) is 0 Å². The van der Waals surface area contributed by atoms with Crippen LogP contribution in [0.2, 0.25) is 0 Å². The van der Waals surface area contributed by atoms with Crippen molar-refractivity contribution in [2.45, 2.75) is 52.0 Å². The fourth-order valence-electron chi connectivity index (χ4n) is 2.74. The van der Waals surface area contributed by atoms with Gasteiger partial charge >= 0.3 is 0 Å². The van der Waals surface area contributed by atoms with E-state index in [9.17, 15) is 0 Å². The first-order chi connectivity index (χ1) is 8.20. The highest BCUT2D eigenvalue weighted by molar-refractivity contribution is 5.05. The number of nitrogens with two attached hydrogens (primary N) is 1. The molecular formula is C14H23N3. The molecule has 1 aliphatic carbocycles. The summed E-state index contributed by atoms with van der Waals surface area (Å²) in [5.74, 6) is 2.30. The summed E-state index contributed by atoms with van der Waals surface area (Å²) in [7, 11) is 0. The molecule has 1 aromatic heterocycles. The third-order valence-corrected chi connectivity index (χ3v) is 4.08. The van der Waals surface area contributed by atoms with E-state index in [1.165, 1.54) is 32.1 Å². The van der Waals surface area contributed by atoms with Crippen LogP contribution in [0.25, 0.3) is 0 Å². The molecule has 0 amide bonds. The second-order valence-corrected chi connectivity index (χ2v) is 5.33. The SMILES string of the molecule is CCC1CCC(C(N)c2ncc(C)cn2)CC1. The Balaban J connectivity index is 1.96. The summed E-state index contributed by atoms with van der Waals surface area (Å²) >= 11 is 0. The van der Waals surface area contributed by atoms with Crippen molar-refractivity contribution in [2.75, 3.05) is 0 Å². The van der Waals surface area contributed by atoms with Gasteiger partial charge in [-0.3, -0.25) is 0 Å². The monoisotopic (exact) mass is 233 g/mol. The molecule has 0 aliphatic heterocycles. The summed E-state index contributed by atoms with van der Waals surface area (Å²) in [5, 5.41) is 0. The Bertz CT molecular complexity index is 339. The van der Waals surface area contributed by atoms with Gasteiger partial charge in [0.15, 0.2) is 0 Å². The first-order valence-electron chi connectivity index (χ1n) is 6.74. The quantitative estimate of drug-likeness (QED) is 0.873. The second kappa shape index (κ2) is 5.58. The molecule has 94 valence electrons. The molecule has 17 heavy (non-hydrogen) atoms. The molecule has 0 saturated heterocycles. The van der Waals surface area contributed by atoms with Crippen LogP contribution in [-0.4, -0.2) is 9.97 Å². The number of hydrogen-bond acceptors (Lipinski definition) is 3. The topological polar surface area (TPSA) is 51.8 Å². The highest BCUT2D eigenvalue weighted by atomic mass is 14.9. The second-order valence-electron chi connectivity index (χ2n) is 5.33. The maximum Gasteiger partial charge on any atom is 0.145 e. The Morgan fingerprint density at radius 1 is 1.24 bits per heavy atom. The van der Waals surface area contributed by atoms with E-state index in [0.29, 0.717) is 5.92 Å². The molecule has 1 saturated carbocycles. The summed E-state index contributed by atoms with van der Waals surface area (Å²) in [6.45, 7) is 4.29. The van der Waals surface area contributed by atoms with Crippen molar-refractivity contribution < 1.29 is 0 Å². The van der Waals surface area contributed by atoms with Gasteiger partial charge in [0.1, 0.15) is 5.82 Å². The standard InChI is InChI=1S/C14H23N3/c1-3-11-4-6-12(7-5-11)13(15)14-16-8-10(2)9-17-14/h8-9,11-13H,3-7,15H2,1-2H3. The predicted octanol–water partition coefficient (Wildman–Crippen LogP) is 3.00. The van der Waals surface area contributed by atoms with Gasteiger partial charge < -0.3 is 5.73 Å². The minimum absolute atomic E-state index is 0.0217. The number of rotatable bonds is 3. The predicted molar refractivity (Wildman–Crippen MR) is 69.4 cm³/mol. The molecule has 2 rings (SSSR count). The maximum absolute atomic E-state index is 6.28. The summed E-state index contributed by atoms with van der Waals surface area (Å²) < 4.78 is 0. The van der Waals surface area contributed by atoms with Crippen LogP contribution < -0.4 is 5.73 Å². The van der Waals surface area contributed by atoms with Gasteiger partial charge in [-0.25, -0.2) is 9.97 Å². The van der Waals surface area contributed by atoms with Gasteiger partial charge in [0.05, 0.1) is 6.04 Å². The van der Waals surface area contributed by atoms with E-state index >= 15 is 0 Å². The molecule has 0 spiro atoms.